The Morgan fingerprint density at radius 2 is 1.42 bits per heavy atom. The Hall–Kier alpha value is -4.55. The second-order valence-corrected chi connectivity index (χ2v) is 14.3. The molecule has 2 saturated heterocycles. The maximum absolute atomic E-state index is 13.6. The maximum atomic E-state index is 13.6. The van der Waals surface area contributed by atoms with Gasteiger partial charge >= 0.3 is 0 Å². The van der Waals surface area contributed by atoms with Gasteiger partial charge < -0.3 is 20.9 Å². The van der Waals surface area contributed by atoms with Crippen LogP contribution < -0.4 is 15.8 Å². The van der Waals surface area contributed by atoms with E-state index in [4.69, 9.17) is 5.73 Å². The average Bonchev–Trinajstić information content (AvgIpc) is 3.58. The van der Waals surface area contributed by atoms with E-state index in [9.17, 15) is 22.8 Å². The highest BCUT2D eigenvalue weighted by atomic mass is 32.2. The molecule has 11 nitrogen and oxygen atoms in total. The number of hydrogen-bond donors (Lipinski definition) is 3. The fourth-order valence-corrected chi connectivity index (χ4v) is 7.24. The summed E-state index contributed by atoms with van der Waals surface area (Å²) >= 11 is 0. The third kappa shape index (κ3) is 9.29. The van der Waals surface area contributed by atoms with Gasteiger partial charge in [-0.3, -0.25) is 14.4 Å². The summed E-state index contributed by atoms with van der Waals surface area (Å²) in [6, 6.07) is 26.6. The summed E-state index contributed by atoms with van der Waals surface area (Å²) in [5, 5.41) is 3.04. The third-order valence-electron chi connectivity index (χ3n) is 9.02. The molecule has 0 saturated carbocycles. The summed E-state index contributed by atoms with van der Waals surface area (Å²) in [7, 11) is -3.67. The molecule has 3 aromatic carbocycles. The molecule has 0 unspecified atom stereocenters. The zero-order valence-corrected chi connectivity index (χ0v) is 28.0. The molecular weight excluding hydrogens is 629 g/mol. The SMILES string of the molecule is CS(=O)(=O)N[C@H](Cc1ccccc1)C(=O)N1CCC[C@H]1C(=O)NCC1CCN(C(N)=NC(=O)C(c2ccccc2)c2ccccc2)CC1. The summed E-state index contributed by atoms with van der Waals surface area (Å²) in [6.07, 6.45) is 3.88. The number of nitrogens with two attached hydrogens (primary N) is 1. The molecule has 2 atom stereocenters. The molecule has 254 valence electrons. The molecule has 4 N–H and O–H groups in total. The van der Waals surface area contributed by atoms with Crippen LogP contribution in [-0.2, 0) is 30.8 Å². The van der Waals surface area contributed by atoms with Gasteiger partial charge in [0.05, 0.1) is 12.2 Å². The van der Waals surface area contributed by atoms with E-state index in [-0.39, 0.29) is 30.1 Å². The second-order valence-electron chi connectivity index (χ2n) is 12.6. The van der Waals surface area contributed by atoms with E-state index in [0.29, 0.717) is 39.0 Å². The van der Waals surface area contributed by atoms with Gasteiger partial charge in [0.25, 0.3) is 5.91 Å². The number of sulfonamides is 1. The van der Waals surface area contributed by atoms with E-state index < -0.39 is 33.9 Å². The number of rotatable bonds is 11. The molecule has 12 heteroatoms. The van der Waals surface area contributed by atoms with Crippen molar-refractivity contribution in [1.82, 2.24) is 19.8 Å². The van der Waals surface area contributed by atoms with Crippen molar-refractivity contribution in [2.24, 2.45) is 16.6 Å². The first-order chi connectivity index (χ1) is 23.1. The van der Waals surface area contributed by atoms with Crippen molar-refractivity contribution in [3.8, 4) is 0 Å². The second kappa shape index (κ2) is 16.0. The molecule has 2 aliphatic rings. The van der Waals surface area contributed by atoms with Crippen LogP contribution in [0.25, 0.3) is 0 Å². The summed E-state index contributed by atoms with van der Waals surface area (Å²) < 4.78 is 26.7. The van der Waals surface area contributed by atoms with Crippen molar-refractivity contribution in [3.63, 3.8) is 0 Å². The molecule has 3 aromatic rings. The largest absolute Gasteiger partial charge is 0.369 e. The number of amides is 3. The van der Waals surface area contributed by atoms with Gasteiger partial charge in [-0.25, -0.2) is 13.1 Å². The van der Waals surface area contributed by atoms with Crippen LogP contribution in [0, 0.1) is 5.92 Å². The smallest absolute Gasteiger partial charge is 0.260 e. The van der Waals surface area contributed by atoms with E-state index in [1.165, 1.54) is 4.90 Å². The van der Waals surface area contributed by atoms with Gasteiger partial charge in [0.2, 0.25) is 21.8 Å². The van der Waals surface area contributed by atoms with Crippen LogP contribution in [0.2, 0.25) is 0 Å². The Morgan fingerprint density at radius 1 is 0.854 bits per heavy atom. The number of likely N-dealkylation sites (tertiary alicyclic amines) is 2. The molecule has 48 heavy (non-hydrogen) atoms. The van der Waals surface area contributed by atoms with Gasteiger partial charge in [-0.2, -0.15) is 4.99 Å². The van der Waals surface area contributed by atoms with Crippen LogP contribution in [0.15, 0.2) is 96.0 Å². The lowest BCUT2D eigenvalue weighted by atomic mass is 9.91. The van der Waals surface area contributed by atoms with Crippen LogP contribution in [0.1, 0.15) is 48.3 Å². The van der Waals surface area contributed by atoms with Crippen LogP contribution in [0.4, 0.5) is 0 Å². The molecule has 2 aliphatic heterocycles. The summed E-state index contributed by atoms with van der Waals surface area (Å²) in [6.45, 7) is 2.02. The Kier molecular flexibility index (Phi) is 11.6. The number of piperidine rings is 1. The first-order valence-electron chi connectivity index (χ1n) is 16.4. The number of carbonyl (C=O) groups excluding carboxylic acids is 3. The van der Waals surface area contributed by atoms with Crippen LogP contribution in [-0.4, -0.2) is 86.4 Å². The molecule has 2 fully saturated rings. The number of guanidine groups is 1. The third-order valence-corrected chi connectivity index (χ3v) is 9.73. The Labute approximate surface area is 282 Å². The minimum atomic E-state index is -3.67. The van der Waals surface area contributed by atoms with Gasteiger partial charge in [0, 0.05) is 26.2 Å². The number of benzene rings is 3. The van der Waals surface area contributed by atoms with Gasteiger partial charge in [0.15, 0.2) is 5.96 Å². The molecule has 0 spiro atoms. The van der Waals surface area contributed by atoms with Crippen molar-refractivity contribution in [2.75, 3.05) is 32.4 Å². The van der Waals surface area contributed by atoms with Crippen molar-refractivity contribution >= 4 is 33.7 Å². The Balaban J connectivity index is 1.15. The van der Waals surface area contributed by atoms with E-state index in [1.54, 1.807) is 0 Å². The first-order valence-corrected chi connectivity index (χ1v) is 18.3. The topological polar surface area (TPSA) is 154 Å². The van der Waals surface area contributed by atoms with Gasteiger partial charge in [0.1, 0.15) is 12.1 Å². The van der Waals surface area contributed by atoms with E-state index in [1.807, 2.05) is 95.9 Å². The normalized spacial score (nSPS) is 18.1. The summed E-state index contributed by atoms with van der Waals surface area (Å²) in [4.78, 5) is 48.1. The fourth-order valence-electron chi connectivity index (χ4n) is 6.54. The van der Waals surface area contributed by atoms with E-state index >= 15 is 0 Å². The monoisotopic (exact) mass is 672 g/mol. The maximum Gasteiger partial charge on any atom is 0.260 e. The van der Waals surface area contributed by atoms with Crippen LogP contribution in [0.5, 0.6) is 0 Å². The van der Waals surface area contributed by atoms with E-state index in [2.05, 4.69) is 15.0 Å². The first kappa shape index (κ1) is 34.8. The minimum absolute atomic E-state index is 0.187. The Morgan fingerprint density at radius 3 is 1.98 bits per heavy atom. The minimum Gasteiger partial charge on any atom is -0.369 e. The molecule has 0 aromatic heterocycles. The lowest BCUT2D eigenvalue weighted by molar-refractivity contribution is -0.139. The van der Waals surface area contributed by atoms with Crippen molar-refractivity contribution in [3.05, 3.63) is 108 Å². The lowest BCUT2D eigenvalue weighted by Gasteiger charge is -2.33. The number of nitrogens with one attached hydrogen (secondary N) is 2. The number of aliphatic imine (C=N–C) groups is 1. The van der Waals surface area contributed by atoms with Crippen molar-refractivity contribution in [2.45, 2.75) is 50.1 Å². The standard InChI is InChI=1S/C36H44N6O5S/c1-48(46,47)40-30(24-26-12-5-2-6-13-26)35(45)42-21-11-18-31(42)33(43)38-25-27-19-22-41(23-20-27)36(37)39-34(44)32(28-14-7-3-8-15-28)29-16-9-4-10-17-29/h2-10,12-17,27,30-32,40H,11,18-25H2,1H3,(H,38,43)(H2,37,39,44)/t30-,31+/m1/s1. The predicted molar refractivity (Wildman–Crippen MR) is 185 cm³/mol. The zero-order chi connectivity index (χ0) is 34.1. The van der Waals surface area contributed by atoms with Gasteiger partial charge in [-0.05, 0) is 54.7 Å². The molecule has 3 amide bonds. The molecule has 5 rings (SSSR count). The molecule has 0 bridgehead atoms. The molecule has 2 heterocycles. The Bertz CT molecular complexity index is 1640. The lowest BCUT2D eigenvalue weighted by Crippen LogP contribution is -2.54. The molecule has 0 radical (unpaired) electrons. The van der Waals surface area contributed by atoms with E-state index in [0.717, 1.165) is 35.8 Å². The number of carbonyl (C=O) groups is 3. The molecule has 0 aliphatic carbocycles. The van der Waals surface area contributed by atoms with Crippen LogP contribution >= 0.6 is 0 Å². The summed E-state index contributed by atoms with van der Waals surface area (Å²) in [5.41, 5.74) is 8.87. The quantitative estimate of drug-likeness (QED) is 0.209. The fraction of sp³-hybridized carbons (Fsp3) is 0.389. The van der Waals surface area contributed by atoms with Crippen molar-refractivity contribution in [1.29, 1.82) is 0 Å². The molecular formula is C36H44N6O5S. The highest BCUT2D eigenvalue weighted by Crippen LogP contribution is 2.27. The zero-order valence-electron chi connectivity index (χ0n) is 27.2. The highest BCUT2D eigenvalue weighted by molar-refractivity contribution is 7.88. The van der Waals surface area contributed by atoms with Crippen molar-refractivity contribution < 1.29 is 22.8 Å². The van der Waals surface area contributed by atoms with Gasteiger partial charge in [-0.15, -0.1) is 0 Å². The number of hydrogen-bond acceptors (Lipinski definition) is 5. The average molecular weight is 673 g/mol. The van der Waals surface area contributed by atoms with Gasteiger partial charge in [-0.1, -0.05) is 91.0 Å². The highest BCUT2D eigenvalue weighted by Gasteiger charge is 2.38. The number of nitrogens with zero attached hydrogens (tertiary/aromatic N) is 3. The van der Waals surface area contributed by atoms with Crippen LogP contribution in [0.3, 0.4) is 0 Å². The summed E-state index contributed by atoms with van der Waals surface area (Å²) in [5.74, 6) is -1.14. The predicted octanol–water partition coefficient (Wildman–Crippen LogP) is 2.64.